The van der Waals surface area contributed by atoms with E-state index in [1.54, 1.807) is 6.07 Å². The maximum Gasteiger partial charge on any atom is 0.246 e. The minimum Gasteiger partial charge on any atom is -0.506 e. The molecule has 2 amide bonds. The maximum atomic E-state index is 11.7. The van der Waals surface area contributed by atoms with Crippen LogP contribution in [-0.4, -0.2) is 23.0 Å². The molecule has 17 heavy (non-hydrogen) atoms. The fourth-order valence-electron chi connectivity index (χ4n) is 1.63. The molecule has 1 heterocycles. The molecule has 1 atom stereocenters. The highest BCUT2D eigenvalue weighted by Crippen LogP contribution is 2.26. The van der Waals surface area contributed by atoms with E-state index in [1.165, 1.54) is 12.1 Å². The molecule has 6 heteroatoms. The van der Waals surface area contributed by atoms with Crippen LogP contribution in [0.3, 0.4) is 0 Å². The van der Waals surface area contributed by atoms with Crippen molar-refractivity contribution in [2.75, 3.05) is 5.32 Å². The summed E-state index contributed by atoms with van der Waals surface area (Å²) < 4.78 is 0. The number of amides is 2. The van der Waals surface area contributed by atoms with Gasteiger partial charge in [-0.05, 0) is 18.6 Å². The Bertz CT molecular complexity index is 476. The van der Waals surface area contributed by atoms with Crippen molar-refractivity contribution in [3.8, 4) is 5.75 Å². The van der Waals surface area contributed by atoms with Crippen molar-refractivity contribution in [1.29, 1.82) is 0 Å². The molecule has 1 aromatic rings. The number of carbonyl (C=O) groups is 2. The van der Waals surface area contributed by atoms with Gasteiger partial charge in [-0.25, -0.2) is 0 Å². The Morgan fingerprint density at radius 3 is 2.88 bits per heavy atom. The van der Waals surface area contributed by atoms with Crippen LogP contribution in [0.15, 0.2) is 18.2 Å². The van der Waals surface area contributed by atoms with E-state index in [1.807, 2.05) is 0 Å². The predicted octanol–water partition coefficient (Wildman–Crippen LogP) is 1.26. The van der Waals surface area contributed by atoms with Crippen molar-refractivity contribution in [3.63, 3.8) is 0 Å². The summed E-state index contributed by atoms with van der Waals surface area (Å²) in [7, 11) is 0. The Kier molecular flexibility index (Phi) is 3.19. The molecule has 1 aliphatic heterocycles. The third kappa shape index (κ3) is 2.68. The summed E-state index contributed by atoms with van der Waals surface area (Å²) >= 11 is 5.64. The number of phenols is 1. The first-order chi connectivity index (χ1) is 8.06. The van der Waals surface area contributed by atoms with Crippen molar-refractivity contribution in [3.05, 3.63) is 23.2 Å². The first-order valence-electron chi connectivity index (χ1n) is 5.15. The number of halogens is 1. The summed E-state index contributed by atoms with van der Waals surface area (Å²) in [4.78, 5) is 22.7. The molecule has 90 valence electrons. The maximum absolute atomic E-state index is 11.7. The quantitative estimate of drug-likeness (QED) is 0.744. The molecular weight excluding hydrogens is 244 g/mol. The topological polar surface area (TPSA) is 78.4 Å². The minimum atomic E-state index is -0.500. The molecule has 0 aliphatic carbocycles. The van der Waals surface area contributed by atoms with E-state index in [2.05, 4.69) is 10.6 Å². The van der Waals surface area contributed by atoms with Gasteiger partial charge in [0.1, 0.15) is 11.8 Å². The van der Waals surface area contributed by atoms with Crippen LogP contribution < -0.4 is 10.6 Å². The predicted molar refractivity (Wildman–Crippen MR) is 62.9 cm³/mol. The first-order valence-corrected chi connectivity index (χ1v) is 5.53. The highest BCUT2D eigenvalue weighted by molar-refractivity contribution is 6.32. The molecule has 1 fully saturated rings. The van der Waals surface area contributed by atoms with Gasteiger partial charge < -0.3 is 15.7 Å². The number of hydrogen-bond acceptors (Lipinski definition) is 3. The summed E-state index contributed by atoms with van der Waals surface area (Å²) in [5.41, 5.74) is 0.443. The second-order valence-corrected chi connectivity index (χ2v) is 4.22. The molecular formula is C11H11ClN2O3. The van der Waals surface area contributed by atoms with Crippen molar-refractivity contribution in [2.45, 2.75) is 18.9 Å². The normalized spacial score (nSPS) is 18.9. The number of benzene rings is 1. The van der Waals surface area contributed by atoms with Crippen molar-refractivity contribution >= 4 is 29.1 Å². The number of carbonyl (C=O) groups excluding carboxylic acids is 2. The zero-order valence-electron chi connectivity index (χ0n) is 8.87. The largest absolute Gasteiger partial charge is 0.506 e. The lowest BCUT2D eigenvalue weighted by atomic mass is 10.2. The third-order valence-corrected chi connectivity index (χ3v) is 2.85. The van der Waals surface area contributed by atoms with E-state index >= 15 is 0 Å². The Morgan fingerprint density at radius 1 is 1.53 bits per heavy atom. The van der Waals surface area contributed by atoms with Crippen LogP contribution in [-0.2, 0) is 9.59 Å². The van der Waals surface area contributed by atoms with Crippen molar-refractivity contribution in [2.24, 2.45) is 0 Å². The first kappa shape index (κ1) is 11.7. The van der Waals surface area contributed by atoms with Gasteiger partial charge in [-0.1, -0.05) is 11.6 Å². The number of aromatic hydroxyl groups is 1. The van der Waals surface area contributed by atoms with Gasteiger partial charge in [-0.3, -0.25) is 9.59 Å². The standard InChI is InChI=1S/C11H11ClN2O3/c12-7-2-1-6(5-9(7)15)13-11(17)8-3-4-10(16)14-8/h1-2,5,8,15H,3-4H2,(H,13,17)(H,14,16)/t8-/m1/s1. The van der Waals surface area contributed by atoms with E-state index in [4.69, 9.17) is 11.6 Å². The van der Waals surface area contributed by atoms with Gasteiger partial charge in [0.2, 0.25) is 11.8 Å². The molecule has 0 radical (unpaired) electrons. The highest BCUT2D eigenvalue weighted by atomic mass is 35.5. The molecule has 1 aromatic carbocycles. The van der Waals surface area contributed by atoms with Gasteiger partial charge in [0.05, 0.1) is 5.02 Å². The summed E-state index contributed by atoms with van der Waals surface area (Å²) in [6.45, 7) is 0. The zero-order valence-corrected chi connectivity index (χ0v) is 9.62. The summed E-state index contributed by atoms with van der Waals surface area (Å²) in [5.74, 6) is -0.512. The molecule has 1 aliphatic rings. The monoisotopic (exact) mass is 254 g/mol. The lowest BCUT2D eigenvalue weighted by Gasteiger charge is -2.11. The molecule has 0 bridgehead atoms. The molecule has 0 spiro atoms. The van der Waals surface area contributed by atoms with Crippen LogP contribution >= 0.6 is 11.6 Å². The van der Waals surface area contributed by atoms with Crippen LogP contribution in [0.2, 0.25) is 5.02 Å². The van der Waals surface area contributed by atoms with Gasteiger partial charge in [-0.15, -0.1) is 0 Å². The number of phenolic OH excluding ortho intramolecular Hbond substituents is 1. The molecule has 2 rings (SSSR count). The molecule has 3 N–H and O–H groups in total. The average Bonchev–Trinajstić information content (AvgIpc) is 2.70. The van der Waals surface area contributed by atoms with Crippen molar-refractivity contribution < 1.29 is 14.7 Å². The number of nitrogens with one attached hydrogen (secondary N) is 2. The molecule has 0 aromatic heterocycles. The lowest BCUT2D eigenvalue weighted by molar-refractivity contribution is -0.122. The van der Waals surface area contributed by atoms with Crippen LogP contribution in [0.25, 0.3) is 0 Å². The molecule has 0 saturated carbocycles. The average molecular weight is 255 g/mol. The third-order valence-electron chi connectivity index (χ3n) is 2.53. The SMILES string of the molecule is O=C1CC[C@H](C(=O)Nc2ccc(Cl)c(O)c2)N1. The Balaban J connectivity index is 2.03. The van der Waals surface area contributed by atoms with Crippen LogP contribution in [0.1, 0.15) is 12.8 Å². The lowest BCUT2D eigenvalue weighted by Crippen LogP contribution is -2.37. The van der Waals surface area contributed by atoms with E-state index in [0.717, 1.165) is 0 Å². The summed E-state index contributed by atoms with van der Waals surface area (Å²) in [6, 6.07) is 3.92. The second kappa shape index (κ2) is 4.63. The second-order valence-electron chi connectivity index (χ2n) is 3.81. The van der Waals surface area contributed by atoms with E-state index in [0.29, 0.717) is 18.5 Å². The summed E-state index contributed by atoms with van der Waals surface area (Å²) in [5, 5.41) is 14.7. The van der Waals surface area contributed by atoms with E-state index in [9.17, 15) is 14.7 Å². The Labute approximate surface area is 103 Å². The van der Waals surface area contributed by atoms with Crippen LogP contribution in [0, 0.1) is 0 Å². The Hall–Kier alpha value is -1.75. The number of anilines is 1. The fraction of sp³-hybridized carbons (Fsp3) is 0.273. The number of hydrogen-bond donors (Lipinski definition) is 3. The van der Waals surface area contributed by atoms with Gasteiger partial charge >= 0.3 is 0 Å². The van der Waals surface area contributed by atoms with Gasteiger partial charge in [0.25, 0.3) is 0 Å². The molecule has 1 saturated heterocycles. The molecule has 5 nitrogen and oxygen atoms in total. The van der Waals surface area contributed by atoms with Crippen molar-refractivity contribution in [1.82, 2.24) is 5.32 Å². The Morgan fingerprint density at radius 2 is 2.29 bits per heavy atom. The zero-order chi connectivity index (χ0) is 12.4. The van der Waals surface area contributed by atoms with Gasteiger partial charge in [0.15, 0.2) is 0 Å². The molecule has 0 unspecified atom stereocenters. The number of rotatable bonds is 2. The smallest absolute Gasteiger partial charge is 0.246 e. The van der Waals surface area contributed by atoms with E-state index in [-0.39, 0.29) is 22.6 Å². The van der Waals surface area contributed by atoms with E-state index < -0.39 is 6.04 Å². The minimum absolute atomic E-state index is 0.0973. The van der Waals surface area contributed by atoms with Gasteiger partial charge in [-0.2, -0.15) is 0 Å². The highest BCUT2D eigenvalue weighted by Gasteiger charge is 2.27. The van der Waals surface area contributed by atoms with Gasteiger partial charge in [0, 0.05) is 18.2 Å². The van der Waals surface area contributed by atoms with Crippen LogP contribution in [0.5, 0.6) is 5.75 Å². The summed E-state index contributed by atoms with van der Waals surface area (Å²) in [6.07, 6.45) is 0.855. The fourth-order valence-corrected chi connectivity index (χ4v) is 1.75. The van der Waals surface area contributed by atoms with Crippen LogP contribution in [0.4, 0.5) is 5.69 Å².